The van der Waals surface area contributed by atoms with Gasteiger partial charge in [0.25, 0.3) is 0 Å². The van der Waals surface area contributed by atoms with Crippen LogP contribution in [-0.4, -0.2) is 20.9 Å². The zero-order chi connectivity index (χ0) is 11.7. The Bertz CT molecular complexity index is 574. The summed E-state index contributed by atoms with van der Waals surface area (Å²) < 4.78 is 1.74. The molecule has 0 unspecified atom stereocenters. The second-order valence-electron chi connectivity index (χ2n) is 3.08. The average Bonchev–Trinajstić information content (AvgIpc) is 2.66. The van der Waals surface area contributed by atoms with Crippen molar-refractivity contribution < 1.29 is 0 Å². The van der Waals surface area contributed by atoms with E-state index in [1.807, 2.05) is 12.3 Å². The average molecular weight is 252 g/mol. The summed E-state index contributed by atoms with van der Waals surface area (Å²) in [7, 11) is 0. The maximum atomic E-state index is 6.09. The molecule has 0 bridgehead atoms. The molecule has 0 atom stereocenters. The molecule has 16 heavy (non-hydrogen) atoms. The van der Waals surface area contributed by atoms with E-state index in [1.165, 1.54) is 11.8 Å². The van der Waals surface area contributed by atoms with Crippen molar-refractivity contribution in [2.45, 2.75) is 5.16 Å². The molecule has 3 nitrogen and oxygen atoms in total. The number of aromatic nitrogens is 3. The Morgan fingerprint density at radius 2 is 2.19 bits per heavy atom. The quantitative estimate of drug-likeness (QED) is 0.784. The Labute approximate surface area is 103 Å². The molecule has 2 aromatic rings. The van der Waals surface area contributed by atoms with Crippen molar-refractivity contribution in [1.82, 2.24) is 14.6 Å². The molecule has 2 rings (SSSR count). The van der Waals surface area contributed by atoms with E-state index >= 15 is 0 Å². The van der Waals surface area contributed by atoms with E-state index in [4.69, 9.17) is 11.6 Å². The first kappa shape index (κ1) is 11.2. The van der Waals surface area contributed by atoms with E-state index < -0.39 is 0 Å². The minimum Gasteiger partial charge on any atom is -0.227 e. The van der Waals surface area contributed by atoms with Gasteiger partial charge >= 0.3 is 0 Å². The fourth-order valence-electron chi connectivity index (χ4n) is 1.49. The lowest BCUT2D eigenvalue weighted by atomic mass is 10.2. The van der Waals surface area contributed by atoms with Gasteiger partial charge in [0.15, 0.2) is 5.15 Å². The maximum absolute atomic E-state index is 6.09. The van der Waals surface area contributed by atoms with Crippen molar-refractivity contribution in [2.75, 3.05) is 6.26 Å². The van der Waals surface area contributed by atoms with Gasteiger partial charge in [-0.25, -0.2) is 9.50 Å². The third kappa shape index (κ3) is 1.64. The second kappa shape index (κ2) is 4.31. The molecule has 5 heteroatoms. The van der Waals surface area contributed by atoms with Crippen molar-refractivity contribution >= 4 is 41.0 Å². The van der Waals surface area contributed by atoms with Crippen LogP contribution in [0.2, 0.25) is 5.15 Å². The summed E-state index contributed by atoms with van der Waals surface area (Å²) in [5.74, 6) is 0. The van der Waals surface area contributed by atoms with Crippen LogP contribution in [0.15, 0.2) is 24.4 Å². The summed E-state index contributed by atoms with van der Waals surface area (Å²) in [5, 5.41) is 5.43. The molecular weight excluding hydrogens is 242 g/mol. The van der Waals surface area contributed by atoms with Gasteiger partial charge in [-0.3, -0.25) is 0 Å². The highest BCUT2D eigenvalue weighted by Gasteiger charge is 2.11. The SMILES string of the molecule is C=Cc1cc2c(Cl)nc(SC)nn2c1C=C. The number of fused-ring (bicyclic) bond motifs is 1. The highest BCUT2D eigenvalue weighted by molar-refractivity contribution is 7.98. The molecule has 0 aliphatic rings. The fourth-order valence-corrected chi connectivity index (χ4v) is 2.10. The van der Waals surface area contributed by atoms with Crippen molar-refractivity contribution in [3.63, 3.8) is 0 Å². The first-order valence-corrected chi connectivity index (χ1v) is 6.19. The minimum absolute atomic E-state index is 0.440. The number of hydrogen-bond acceptors (Lipinski definition) is 3. The molecule has 0 aromatic carbocycles. The lowest BCUT2D eigenvalue weighted by molar-refractivity contribution is 0.794. The van der Waals surface area contributed by atoms with Gasteiger partial charge in [0.05, 0.1) is 5.69 Å². The first-order chi connectivity index (χ1) is 7.71. The standard InChI is InChI=1S/C11H10ClN3S/c1-4-7-6-9-10(12)13-11(16-3)14-15(9)8(7)5-2/h4-6H,1-2H2,3H3. The summed E-state index contributed by atoms with van der Waals surface area (Å²) >= 11 is 7.53. The maximum Gasteiger partial charge on any atom is 0.208 e. The third-order valence-corrected chi connectivity index (χ3v) is 3.05. The Kier molecular flexibility index (Phi) is 3.03. The number of hydrogen-bond donors (Lipinski definition) is 0. The Balaban J connectivity index is 2.87. The molecule has 2 aromatic heterocycles. The Hall–Kier alpha value is -1.26. The van der Waals surface area contributed by atoms with E-state index in [-0.39, 0.29) is 0 Å². The zero-order valence-electron chi connectivity index (χ0n) is 8.77. The third-order valence-electron chi connectivity index (χ3n) is 2.23. The predicted molar refractivity (Wildman–Crippen MR) is 70.0 cm³/mol. The first-order valence-electron chi connectivity index (χ1n) is 4.59. The Morgan fingerprint density at radius 3 is 2.75 bits per heavy atom. The van der Waals surface area contributed by atoms with E-state index in [9.17, 15) is 0 Å². The highest BCUT2D eigenvalue weighted by atomic mass is 35.5. The molecule has 0 amide bonds. The molecule has 0 N–H and O–H groups in total. The van der Waals surface area contributed by atoms with Crippen molar-refractivity contribution in [1.29, 1.82) is 0 Å². The number of rotatable bonds is 3. The fraction of sp³-hybridized carbons (Fsp3) is 0.0909. The molecule has 0 saturated heterocycles. The van der Waals surface area contributed by atoms with Crippen molar-refractivity contribution in [2.24, 2.45) is 0 Å². The largest absolute Gasteiger partial charge is 0.227 e. The zero-order valence-corrected chi connectivity index (χ0v) is 10.3. The van der Waals surface area contributed by atoms with Gasteiger partial charge in [0, 0.05) is 5.56 Å². The Morgan fingerprint density at radius 1 is 1.44 bits per heavy atom. The van der Waals surface area contributed by atoms with Crippen LogP contribution in [0.5, 0.6) is 0 Å². The topological polar surface area (TPSA) is 30.2 Å². The summed E-state index contributed by atoms with van der Waals surface area (Å²) in [5.41, 5.74) is 2.60. The smallest absolute Gasteiger partial charge is 0.208 e. The van der Waals surface area contributed by atoms with E-state index in [1.54, 1.807) is 16.7 Å². The van der Waals surface area contributed by atoms with Gasteiger partial charge in [-0.05, 0) is 18.4 Å². The monoisotopic (exact) mass is 251 g/mol. The molecule has 82 valence electrons. The minimum atomic E-state index is 0.440. The summed E-state index contributed by atoms with van der Waals surface area (Å²) in [6, 6.07) is 1.90. The van der Waals surface area contributed by atoms with Crippen molar-refractivity contribution in [3.05, 3.63) is 35.6 Å². The summed E-state index contributed by atoms with van der Waals surface area (Å²) in [4.78, 5) is 4.17. The molecule has 0 aliphatic heterocycles. The van der Waals surface area contributed by atoms with Gasteiger partial charge < -0.3 is 0 Å². The predicted octanol–water partition coefficient (Wildman–Crippen LogP) is 3.39. The van der Waals surface area contributed by atoms with E-state index in [0.717, 1.165) is 16.8 Å². The van der Waals surface area contributed by atoms with Crippen LogP contribution in [0, 0.1) is 0 Å². The van der Waals surface area contributed by atoms with E-state index in [0.29, 0.717) is 10.3 Å². The number of thioether (sulfide) groups is 1. The van der Waals surface area contributed by atoms with Crippen LogP contribution < -0.4 is 0 Å². The number of halogens is 1. The van der Waals surface area contributed by atoms with E-state index in [2.05, 4.69) is 23.2 Å². The van der Waals surface area contributed by atoms with Gasteiger partial charge in [-0.15, -0.1) is 5.10 Å². The van der Waals surface area contributed by atoms with Crippen LogP contribution in [0.1, 0.15) is 11.3 Å². The van der Waals surface area contributed by atoms with Crippen LogP contribution in [0.4, 0.5) is 0 Å². The molecule has 0 spiro atoms. The highest BCUT2D eigenvalue weighted by Crippen LogP contribution is 2.24. The van der Waals surface area contributed by atoms with Gasteiger partial charge in [0.2, 0.25) is 5.16 Å². The molecular formula is C11H10ClN3S. The lowest BCUT2D eigenvalue weighted by Gasteiger charge is -2.01. The molecule has 0 saturated carbocycles. The van der Waals surface area contributed by atoms with Gasteiger partial charge in [0.1, 0.15) is 5.52 Å². The summed E-state index contributed by atoms with van der Waals surface area (Å²) in [6.07, 6.45) is 5.39. The van der Waals surface area contributed by atoms with Gasteiger partial charge in [-0.2, -0.15) is 0 Å². The normalized spacial score (nSPS) is 10.6. The number of nitrogens with zero attached hydrogens (tertiary/aromatic N) is 3. The van der Waals surface area contributed by atoms with Crippen LogP contribution in [0.3, 0.4) is 0 Å². The van der Waals surface area contributed by atoms with Gasteiger partial charge in [-0.1, -0.05) is 42.6 Å². The molecule has 2 heterocycles. The summed E-state index contributed by atoms with van der Waals surface area (Å²) in [6.45, 7) is 7.52. The van der Waals surface area contributed by atoms with Crippen LogP contribution in [-0.2, 0) is 0 Å². The lowest BCUT2D eigenvalue weighted by Crippen LogP contribution is -1.99. The second-order valence-corrected chi connectivity index (χ2v) is 4.21. The molecule has 0 aliphatic carbocycles. The van der Waals surface area contributed by atoms with Crippen LogP contribution in [0.25, 0.3) is 17.7 Å². The molecule has 0 fully saturated rings. The van der Waals surface area contributed by atoms with Crippen LogP contribution >= 0.6 is 23.4 Å². The molecule has 0 radical (unpaired) electrons. The van der Waals surface area contributed by atoms with Crippen molar-refractivity contribution in [3.8, 4) is 0 Å².